The monoisotopic (exact) mass is 278 g/mol. The van der Waals surface area contributed by atoms with Crippen LogP contribution in [-0.2, 0) is 11.3 Å². The van der Waals surface area contributed by atoms with Crippen LogP contribution in [0.4, 0.5) is 5.69 Å². The summed E-state index contributed by atoms with van der Waals surface area (Å²) < 4.78 is 10.7. The van der Waals surface area contributed by atoms with Crippen LogP contribution in [0.2, 0.25) is 0 Å². The van der Waals surface area contributed by atoms with E-state index in [4.69, 9.17) is 9.47 Å². The number of nitrogens with one attached hydrogen (secondary N) is 1. The fourth-order valence-corrected chi connectivity index (χ4v) is 2.18. The van der Waals surface area contributed by atoms with Gasteiger partial charge < -0.3 is 14.8 Å². The molecule has 1 aromatic carbocycles. The van der Waals surface area contributed by atoms with Crippen LogP contribution in [-0.4, -0.2) is 25.3 Å². The molecule has 0 saturated carbocycles. The molecule has 1 N–H and O–H groups in total. The Kier molecular flexibility index (Phi) is 5.18. The van der Waals surface area contributed by atoms with Crippen LogP contribution in [0.1, 0.15) is 10.4 Å². The van der Waals surface area contributed by atoms with Gasteiger partial charge in [0.2, 0.25) is 0 Å². The molecule has 0 amide bonds. The van der Waals surface area contributed by atoms with Crippen LogP contribution in [0, 0.1) is 6.92 Å². The minimum atomic E-state index is 0.551. The highest BCUT2D eigenvalue weighted by atomic mass is 32.1. The van der Waals surface area contributed by atoms with Crippen molar-refractivity contribution in [3.63, 3.8) is 0 Å². The lowest BCUT2D eigenvalue weighted by molar-refractivity contribution is 0.146. The molecule has 0 fully saturated rings. The molecule has 2 aromatic rings. The minimum Gasteiger partial charge on any atom is -0.489 e. The first-order valence-electron chi connectivity index (χ1n) is 6.13. The third kappa shape index (κ3) is 4.22. The number of hydrogen-bond acceptors (Lipinski definition) is 5. The van der Waals surface area contributed by atoms with Crippen LogP contribution >= 0.6 is 11.3 Å². The Morgan fingerprint density at radius 3 is 2.95 bits per heavy atom. The molecule has 0 aliphatic carbocycles. The van der Waals surface area contributed by atoms with E-state index in [1.54, 1.807) is 18.4 Å². The highest BCUT2D eigenvalue weighted by Crippen LogP contribution is 2.26. The third-order valence-electron chi connectivity index (χ3n) is 2.62. The maximum atomic E-state index is 5.73. The summed E-state index contributed by atoms with van der Waals surface area (Å²) in [5.41, 5.74) is 4.01. The van der Waals surface area contributed by atoms with Gasteiger partial charge in [-0.15, -0.1) is 11.3 Å². The first-order valence-corrected chi connectivity index (χ1v) is 7.01. The molecule has 0 bridgehead atoms. The van der Waals surface area contributed by atoms with Gasteiger partial charge in [0.25, 0.3) is 0 Å². The largest absolute Gasteiger partial charge is 0.489 e. The van der Waals surface area contributed by atoms with Crippen molar-refractivity contribution in [1.82, 2.24) is 4.98 Å². The molecule has 2 rings (SSSR count). The zero-order valence-corrected chi connectivity index (χ0v) is 12.0. The van der Waals surface area contributed by atoms with E-state index in [9.17, 15) is 0 Å². The van der Waals surface area contributed by atoms with Gasteiger partial charge in [-0.1, -0.05) is 6.07 Å². The van der Waals surface area contributed by atoms with E-state index in [-0.39, 0.29) is 0 Å². The van der Waals surface area contributed by atoms with Crippen molar-refractivity contribution in [1.29, 1.82) is 0 Å². The van der Waals surface area contributed by atoms with Gasteiger partial charge in [0, 0.05) is 18.2 Å². The van der Waals surface area contributed by atoms with Gasteiger partial charge in [-0.25, -0.2) is 0 Å². The summed E-state index contributed by atoms with van der Waals surface area (Å²) in [4.78, 5) is 5.26. The summed E-state index contributed by atoms with van der Waals surface area (Å²) in [6.45, 7) is 3.95. The molecule has 0 aliphatic heterocycles. The van der Waals surface area contributed by atoms with Crippen LogP contribution in [0.15, 0.2) is 29.9 Å². The topological polar surface area (TPSA) is 43.4 Å². The fraction of sp³-hybridized carbons (Fsp3) is 0.357. The quantitative estimate of drug-likeness (QED) is 0.790. The maximum Gasteiger partial charge on any atom is 0.142 e. The standard InChI is InChI=1S/C14H18N2O2S/c1-11-3-4-13(14(7-11)18-6-5-17-2)16-9-12-8-15-10-19-12/h3-4,7-8,10,16H,5-6,9H2,1-2H3. The number of methoxy groups -OCH3 is 1. The Labute approximate surface area is 117 Å². The fourth-order valence-electron chi connectivity index (χ4n) is 1.64. The number of thiazole rings is 1. The Balaban J connectivity index is 2.01. The van der Waals surface area contributed by atoms with Crippen molar-refractivity contribution in [2.75, 3.05) is 25.6 Å². The van der Waals surface area contributed by atoms with E-state index in [0.29, 0.717) is 13.2 Å². The second-order valence-corrected chi connectivity index (χ2v) is 5.13. The molecule has 0 spiro atoms. The Morgan fingerprint density at radius 2 is 2.21 bits per heavy atom. The number of nitrogens with zero attached hydrogens (tertiary/aromatic N) is 1. The summed E-state index contributed by atoms with van der Waals surface area (Å²) in [5.74, 6) is 0.863. The van der Waals surface area contributed by atoms with E-state index in [0.717, 1.165) is 18.0 Å². The van der Waals surface area contributed by atoms with Crippen molar-refractivity contribution in [3.05, 3.63) is 40.3 Å². The summed E-state index contributed by atoms with van der Waals surface area (Å²) in [7, 11) is 1.67. The van der Waals surface area contributed by atoms with Gasteiger partial charge in [-0.3, -0.25) is 4.98 Å². The molecule has 102 valence electrons. The first-order chi connectivity index (χ1) is 9.29. The van der Waals surface area contributed by atoms with Crippen molar-refractivity contribution in [3.8, 4) is 5.75 Å². The molecule has 0 unspecified atom stereocenters. The SMILES string of the molecule is COCCOc1cc(C)ccc1NCc1cncs1. The Hall–Kier alpha value is -1.59. The molecular formula is C14H18N2O2S. The number of aryl methyl sites for hydroxylation is 1. The van der Waals surface area contributed by atoms with Crippen LogP contribution in [0.3, 0.4) is 0 Å². The molecule has 0 atom stereocenters. The number of ether oxygens (including phenoxy) is 2. The van der Waals surface area contributed by atoms with Crippen LogP contribution < -0.4 is 10.1 Å². The number of benzene rings is 1. The van der Waals surface area contributed by atoms with Gasteiger partial charge in [-0.2, -0.15) is 0 Å². The van der Waals surface area contributed by atoms with Gasteiger partial charge in [0.05, 0.1) is 24.3 Å². The Morgan fingerprint density at radius 1 is 1.32 bits per heavy atom. The molecule has 5 heteroatoms. The number of anilines is 1. The van der Waals surface area contributed by atoms with Crippen molar-refractivity contribution in [2.24, 2.45) is 0 Å². The van der Waals surface area contributed by atoms with Gasteiger partial charge in [0.1, 0.15) is 12.4 Å². The van der Waals surface area contributed by atoms with Gasteiger partial charge >= 0.3 is 0 Å². The average Bonchev–Trinajstić information content (AvgIpc) is 2.91. The molecule has 0 aliphatic rings. The molecule has 19 heavy (non-hydrogen) atoms. The van der Waals surface area contributed by atoms with Gasteiger partial charge in [0.15, 0.2) is 0 Å². The van der Waals surface area contributed by atoms with Gasteiger partial charge in [-0.05, 0) is 24.6 Å². The van der Waals surface area contributed by atoms with Crippen molar-refractivity contribution in [2.45, 2.75) is 13.5 Å². The lowest BCUT2D eigenvalue weighted by atomic mass is 10.2. The van der Waals surface area contributed by atoms with E-state index < -0.39 is 0 Å². The van der Waals surface area contributed by atoms with Crippen molar-refractivity contribution < 1.29 is 9.47 Å². The summed E-state index contributed by atoms with van der Waals surface area (Å²) >= 11 is 1.64. The van der Waals surface area contributed by atoms with Crippen molar-refractivity contribution >= 4 is 17.0 Å². The van der Waals surface area contributed by atoms with E-state index in [1.165, 1.54) is 10.4 Å². The average molecular weight is 278 g/mol. The summed E-state index contributed by atoms with van der Waals surface area (Å²) in [6, 6.07) is 6.14. The molecule has 1 heterocycles. The lowest BCUT2D eigenvalue weighted by Crippen LogP contribution is -2.07. The number of aromatic nitrogens is 1. The van der Waals surface area contributed by atoms with E-state index >= 15 is 0 Å². The second-order valence-electron chi connectivity index (χ2n) is 4.16. The predicted octanol–water partition coefficient (Wildman–Crippen LogP) is 3.09. The number of rotatable bonds is 7. The summed E-state index contributed by atoms with van der Waals surface area (Å²) in [5, 5.41) is 3.37. The van der Waals surface area contributed by atoms with Crippen LogP contribution in [0.25, 0.3) is 0 Å². The molecular weight excluding hydrogens is 260 g/mol. The predicted molar refractivity (Wildman–Crippen MR) is 78.0 cm³/mol. The normalized spacial score (nSPS) is 10.4. The third-order valence-corrected chi connectivity index (χ3v) is 3.40. The molecule has 0 saturated heterocycles. The number of hydrogen-bond donors (Lipinski definition) is 1. The zero-order valence-electron chi connectivity index (χ0n) is 11.2. The smallest absolute Gasteiger partial charge is 0.142 e. The first kappa shape index (κ1) is 13.8. The Bertz CT molecular complexity index is 500. The van der Waals surface area contributed by atoms with E-state index in [1.807, 2.05) is 23.8 Å². The second kappa shape index (κ2) is 7.11. The van der Waals surface area contributed by atoms with E-state index in [2.05, 4.69) is 23.3 Å². The molecule has 1 aromatic heterocycles. The summed E-state index contributed by atoms with van der Waals surface area (Å²) in [6.07, 6.45) is 1.87. The van der Waals surface area contributed by atoms with Crippen LogP contribution in [0.5, 0.6) is 5.75 Å². The highest BCUT2D eigenvalue weighted by molar-refractivity contribution is 7.09. The zero-order chi connectivity index (χ0) is 13.5. The lowest BCUT2D eigenvalue weighted by Gasteiger charge is -2.13. The molecule has 0 radical (unpaired) electrons. The maximum absolute atomic E-state index is 5.73. The highest BCUT2D eigenvalue weighted by Gasteiger charge is 2.04. The minimum absolute atomic E-state index is 0.551. The molecule has 4 nitrogen and oxygen atoms in total.